The SMILES string of the molecule is C=CCn1c(SCC(=O)NCC2CCN(c3ccccc3)C2)nnc1-c1ccccc1F. The molecule has 0 bridgehead atoms. The van der Waals surface area contributed by atoms with E-state index in [1.54, 1.807) is 28.8 Å². The number of para-hydroxylation sites is 1. The minimum Gasteiger partial charge on any atom is -0.371 e. The maximum atomic E-state index is 14.2. The maximum absolute atomic E-state index is 14.2. The van der Waals surface area contributed by atoms with Crippen molar-refractivity contribution < 1.29 is 9.18 Å². The number of allylic oxidation sites excluding steroid dienone is 1. The lowest BCUT2D eigenvalue weighted by Crippen LogP contribution is -2.32. The number of hydrogen-bond donors (Lipinski definition) is 1. The van der Waals surface area contributed by atoms with Crippen molar-refractivity contribution in [2.75, 3.05) is 30.3 Å². The fourth-order valence-corrected chi connectivity index (χ4v) is 4.62. The molecule has 0 saturated carbocycles. The molecule has 2 heterocycles. The molecule has 32 heavy (non-hydrogen) atoms. The van der Waals surface area contributed by atoms with Gasteiger partial charge in [0.25, 0.3) is 0 Å². The molecule has 6 nitrogen and oxygen atoms in total. The van der Waals surface area contributed by atoms with Crippen molar-refractivity contribution >= 4 is 23.4 Å². The van der Waals surface area contributed by atoms with E-state index in [0.717, 1.165) is 19.5 Å². The van der Waals surface area contributed by atoms with Crippen LogP contribution in [0.15, 0.2) is 72.4 Å². The van der Waals surface area contributed by atoms with Gasteiger partial charge in [0.05, 0.1) is 11.3 Å². The number of halogens is 1. The zero-order valence-corrected chi connectivity index (χ0v) is 18.6. The van der Waals surface area contributed by atoms with E-state index in [4.69, 9.17) is 0 Å². The van der Waals surface area contributed by atoms with Gasteiger partial charge in [0.1, 0.15) is 5.82 Å². The van der Waals surface area contributed by atoms with Crippen LogP contribution in [-0.4, -0.2) is 46.1 Å². The van der Waals surface area contributed by atoms with Gasteiger partial charge in [-0.1, -0.05) is 48.2 Å². The molecule has 4 rings (SSSR count). The van der Waals surface area contributed by atoms with Gasteiger partial charge in [0.2, 0.25) is 5.91 Å². The second kappa shape index (κ2) is 10.5. The summed E-state index contributed by atoms with van der Waals surface area (Å²) < 4.78 is 16.0. The van der Waals surface area contributed by atoms with Crippen LogP contribution >= 0.6 is 11.8 Å². The zero-order chi connectivity index (χ0) is 22.3. The van der Waals surface area contributed by atoms with Crippen LogP contribution in [0.1, 0.15) is 6.42 Å². The summed E-state index contributed by atoms with van der Waals surface area (Å²) in [6, 6.07) is 16.8. The number of amides is 1. The number of carbonyl (C=O) groups is 1. The lowest BCUT2D eigenvalue weighted by atomic mass is 10.1. The Hall–Kier alpha value is -3.13. The Bertz CT molecular complexity index is 1070. The highest BCUT2D eigenvalue weighted by molar-refractivity contribution is 7.99. The molecule has 1 atom stereocenters. The summed E-state index contributed by atoms with van der Waals surface area (Å²) in [5.74, 6) is 0.676. The van der Waals surface area contributed by atoms with Crippen LogP contribution < -0.4 is 10.2 Å². The van der Waals surface area contributed by atoms with Crippen molar-refractivity contribution in [2.24, 2.45) is 5.92 Å². The van der Waals surface area contributed by atoms with E-state index >= 15 is 0 Å². The van der Waals surface area contributed by atoms with Crippen molar-refractivity contribution in [3.63, 3.8) is 0 Å². The van der Waals surface area contributed by atoms with Gasteiger partial charge in [-0.25, -0.2) is 4.39 Å². The summed E-state index contributed by atoms with van der Waals surface area (Å²) in [4.78, 5) is 14.8. The van der Waals surface area contributed by atoms with E-state index in [9.17, 15) is 9.18 Å². The number of thioether (sulfide) groups is 1. The molecule has 1 unspecified atom stereocenters. The maximum Gasteiger partial charge on any atom is 0.230 e. The predicted octanol–water partition coefficient (Wildman–Crippen LogP) is 4.01. The average Bonchev–Trinajstić information content (AvgIpc) is 3.45. The normalized spacial score (nSPS) is 15.7. The van der Waals surface area contributed by atoms with Gasteiger partial charge >= 0.3 is 0 Å². The number of nitrogens with zero attached hydrogens (tertiary/aromatic N) is 4. The number of benzene rings is 2. The largest absolute Gasteiger partial charge is 0.371 e. The van der Waals surface area contributed by atoms with Crippen molar-refractivity contribution in [1.82, 2.24) is 20.1 Å². The van der Waals surface area contributed by atoms with E-state index in [1.165, 1.54) is 23.5 Å². The Kier molecular flexibility index (Phi) is 7.21. The summed E-state index contributed by atoms with van der Waals surface area (Å²) in [7, 11) is 0. The smallest absolute Gasteiger partial charge is 0.230 e. The minimum atomic E-state index is -0.361. The van der Waals surface area contributed by atoms with Gasteiger partial charge in [0, 0.05) is 31.9 Å². The molecule has 1 fully saturated rings. The third kappa shape index (κ3) is 5.19. The highest BCUT2D eigenvalue weighted by Crippen LogP contribution is 2.26. The molecule has 1 N–H and O–H groups in total. The summed E-state index contributed by atoms with van der Waals surface area (Å²) in [5, 5.41) is 11.9. The molecular weight excluding hydrogens is 425 g/mol. The second-order valence-corrected chi connectivity index (χ2v) is 8.66. The molecule has 0 spiro atoms. The number of hydrogen-bond acceptors (Lipinski definition) is 5. The van der Waals surface area contributed by atoms with Crippen molar-refractivity contribution in [3.05, 3.63) is 73.1 Å². The average molecular weight is 452 g/mol. The van der Waals surface area contributed by atoms with Gasteiger partial charge < -0.3 is 10.2 Å². The van der Waals surface area contributed by atoms with Gasteiger partial charge in [-0.15, -0.1) is 16.8 Å². The molecule has 3 aromatic rings. The third-order valence-corrected chi connectivity index (χ3v) is 6.44. The highest BCUT2D eigenvalue weighted by atomic mass is 32.2. The molecule has 166 valence electrons. The van der Waals surface area contributed by atoms with Gasteiger partial charge in [-0.3, -0.25) is 9.36 Å². The summed E-state index contributed by atoms with van der Waals surface area (Å²) in [6.45, 7) is 6.80. The van der Waals surface area contributed by atoms with Crippen LogP contribution in [0.25, 0.3) is 11.4 Å². The van der Waals surface area contributed by atoms with E-state index < -0.39 is 0 Å². The first-order valence-electron chi connectivity index (χ1n) is 10.6. The van der Waals surface area contributed by atoms with Crippen molar-refractivity contribution in [1.29, 1.82) is 0 Å². The van der Waals surface area contributed by atoms with Gasteiger partial charge in [-0.2, -0.15) is 0 Å². The molecule has 8 heteroatoms. The van der Waals surface area contributed by atoms with E-state index in [1.807, 2.05) is 18.2 Å². The van der Waals surface area contributed by atoms with Crippen LogP contribution in [0.4, 0.5) is 10.1 Å². The predicted molar refractivity (Wildman–Crippen MR) is 126 cm³/mol. The fraction of sp³-hybridized carbons (Fsp3) is 0.292. The Balaban J connectivity index is 1.31. The van der Waals surface area contributed by atoms with Crippen LogP contribution in [0.3, 0.4) is 0 Å². The number of aromatic nitrogens is 3. The van der Waals surface area contributed by atoms with Crippen LogP contribution in [-0.2, 0) is 11.3 Å². The first-order valence-corrected chi connectivity index (χ1v) is 11.6. The summed E-state index contributed by atoms with van der Waals surface area (Å²) in [5.41, 5.74) is 1.60. The van der Waals surface area contributed by atoms with E-state index in [0.29, 0.717) is 35.6 Å². The Morgan fingerprint density at radius 1 is 1.19 bits per heavy atom. The molecule has 1 saturated heterocycles. The standard InChI is InChI=1S/C24H26FN5OS/c1-2-13-30-23(20-10-6-7-11-21(20)25)27-28-24(30)32-17-22(31)26-15-18-12-14-29(16-18)19-8-4-3-5-9-19/h2-11,18H,1,12-17H2,(H,26,31). The summed E-state index contributed by atoms with van der Waals surface area (Å²) in [6.07, 6.45) is 2.76. The van der Waals surface area contributed by atoms with Crippen LogP contribution in [0.2, 0.25) is 0 Å². The molecule has 1 aromatic heterocycles. The monoisotopic (exact) mass is 451 g/mol. The third-order valence-electron chi connectivity index (χ3n) is 5.47. The summed E-state index contributed by atoms with van der Waals surface area (Å²) >= 11 is 1.29. The lowest BCUT2D eigenvalue weighted by Gasteiger charge is -2.18. The number of carbonyl (C=O) groups excluding carboxylic acids is 1. The topological polar surface area (TPSA) is 63.1 Å². The lowest BCUT2D eigenvalue weighted by molar-refractivity contribution is -0.118. The quantitative estimate of drug-likeness (QED) is 0.394. The molecule has 1 aliphatic heterocycles. The Morgan fingerprint density at radius 2 is 1.97 bits per heavy atom. The molecule has 2 aromatic carbocycles. The first-order chi connectivity index (χ1) is 15.7. The van der Waals surface area contributed by atoms with E-state index in [-0.39, 0.29) is 17.5 Å². The highest BCUT2D eigenvalue weighted by Gasteiger charge is 2.23. The minimum absolute atomic E-state index is 0.0474. The van der Waals surface area contributed by atoms with Crippen molar-refractivity contribution in [2.45, 2.75) is 18.1 Å². The molecular formula is C24H26FN5OS. The number of anilines is 1. The van der Waals surface area contributed by atoms with E-state index in [2.05, 4.69) is 39.1 Å². The number of rotatable bonds is 9. The Labute approximate surface area is 191 Å². The fourth-order valence-electron chi connectivity index (χ4n) is 3.84. The zero-order valence-electron chi connectivity index (χ0n) is 17.8. The van der Waals surface area contributed by atoms with Crippen LogP contribution in [0.5, 0.6) is 0 Å². The Morgan fingerprint density at radius 3 is 2.75 bits per heavy atom. The van der Waals surface area contributed by atoms with Crippen LogP contribution in [0, 0.1) is 11.7 Å². The first kappa shape index (κ1) is 22.1. The van der Waals surface area contributed by atoms with Gasteiger partial charge in [-0.05, 0) is 36.6 Å². The molecule has 0 aliphatic carbocycles. The molecule has 1 amide bonds. The van der Waals surface area contributed by atoms with Gasteiger partial charge in [0.15, 0.2) is 11.0 Å². The molecule has 1 aliphatic rings. The molecule has 0 radical (unpaired) electrons. The van der Waals surface area contributed by atoms with Crippen molar-refractivity contribution in [3.8, 4) is 11.4 Å². The second-order valence-electron chi connectivity index (χ2n) is 7.71. The number of nitrogens with one attached hydrogen (secondary N) is 1.